The van der Waals surface area contributed by atoms with Crippen LogP contribution in [0.3, 0.4) is 0 Å². The summed E-state index contributed by atoms with van der Waals surface area (Å²) in [6.45, 7) is 6.26. The molecule has 2 atom stereocenters. The van der Waals surface area contributed by atoms with Gasteiger partial charge in [-0.2, -0.15) is 0 Å². The molecular weight excluding hydrogens is 336 g/mol. The molecule has 3 saturated heterocycles. The minimum Gasteiger partial charge on any atom is -0.377 e. The van der Waals surface area contributed by atoms with E-state index in [9.17, 15) is 9.59 Å². The highest BCUT2D eigenvalue weighted by atomic mass is 16.5. The number of hydrogen-bond donors (Lipinski definition) is 2. The molecule has 3 aliphatic rings. The summed E-state index contributed by atoms with van der Waals surface area (Å²) >= 11 is 0. The van der Waals surface area contributed by atoms with Crippen molar-refractivity contribution in [2.75, 3.05) is 65.6 Å². The van der Waals surface area contributed by atoms with Crippen LogP contribution in [0.5, 0.6) is 0 Å². The Morgan fingerprint density at radius 1 is 0.769 bits per heavy atom. The summed E-state index contributed by atoms with van der Waals surface area (Å²) in [7, 11) is 0. The maximum atomic E-state index is 12.3. The second kappa shape index (κ2) is 10.2. The van der Waals surface area contributed by atoms with Crippen molar-refractivity contribution >= 4 is 11.8 Å². The van der Waals surface area contributed by atoms with Crippen molar-refractivity contribution in [2.24, 2.45) is 0 Å². The normalized spacial score (nSPS) is 26.5. The molecule has 0 bridgehead atoms. The number of amides is 2. The average molecular weight is 368 g/mol. The van der Waals surface area contributed by atoms with E-state index in [2.05, 4.69) is 10.6 Å². The van der Waals surface area contributed by atoms with Crippen LogP contribution < -0.4 is 10.6 Å². The highest BCUT2D eigenvalue weighted by Crippen LogP contribution is 2.11. The number of rotatable bonds is 8. The molecular formula is C18H32N4O4. The van der Waals surface area contributed by atoms with Crippen molar-refractivity contribution in [1.29, 1.82) is 0 Å². The molecule has 3 rings (SSSR count). The van der Waals surface area contributed by atoms with Gasteiger partial charge in [0.05, 0.1) is 25.3 Å². The van der Waals surface area contributed by atoms with Gasteiger partial charge in [-0.1, -0.05) is 0 Å². The van der Waals surface area contributed by atoms with E-state index in [0.717, 1.165) is 52.0 Å². The highest BCUT2D eigenvalue weighted by molar-refractivity contribution is 5.80. The third-order valence-electron chi connectivity index (χ3n) is 5.33. The largest absolute Gasteiger partial charge is 0.377 e. The highest BCUT2D eigenvalue weighted by Gasteiger charge is 2.24. The fraction of sp³-hybridized carbons (Fsp3) is 0.889. The maximum absolute atomic E-state index is 12.3. The van der Waals surface area contributed by atoms with Gasteiger partial charge in [-0.05, 0) is 25.7 Å². The molecule has 0 spiro atoms. The molecule has 26 heavy (non-hydrogen) atoms. The first-order valence-corrected chi connectivity index (χ1v) is 9.92. The monoisotopic (exact) mass is 368 g/mol. The van der Waals surface area contributed by atoms with Gasteiger partial charge < -0.3 is 29.9 Å². The summed E-state index contributed by atoms with van der Waals surface area (Å²) in [5.41, 5.74) is 0. The van der Waals surface area contributed by atoms with Crippen LogP contribution in [0.1, 0.15) is 25.7 Å². The molecule has 0 saturated carbocycles. The first-order valence-electron chi connectivity index (χ1n) is 9.92. The summed E-state index contributed by atoms with van der Waals surface area (Å²) in [5, 5.41) is 6.39. The zero-order chi connectivity index (χ0) is 18.2. The number of hydrogen-bond acceptors (Lipinski definition) is 6. The molecule has 3 heterocycles. The summed E-state index contributed by atoms with van der Waals surface area (Å²) in [5.74, 6) is 0.207. The zero-order valence-electron chi connectivity index (χ0n) is 15.6. The Balaban J connectivity index is 1.26. The van der Waals surface area contributed by atoms with Crippen LogP contribution >= 0.6 is 0 Å². The fourth-order valence-electron chi connectivity index (χ4n) is 3.72. The van der Waals surface area contributed by atoms with Gasteiger partial charge in [0.25, 0.3) is 0 Å². The van der Waals surface area contributed by atoms with Crippen molar-refractivity contribution in [1.82, 2.24) is 20.4 Å². The lowest BCUT2D eigenvalue weighted by atomic mass is 10.2. The van der Waals surface area contributed by atoms with Crippen LogP contribution in [0.4, 0.5) is 0 Å². The van der Waals surface area contributed by atoms with E-state index in [4.69, 9.17) is 9.47 Å². The van der Waals surface area contributed by atoms with Gasteiger partial charge >= 0.3 is 0 Å². The Labute approximate surface area is 155 Å². The van der Waals surface area contributed by atoms with Crippen LogP contribution in [-0.2, 0) is 19.1 Å². The first-order chi connectivity index (χ1) is 12.7. The smallest absolute Gasteiger partial charge is 0.236 e. The number of carbonyl (C=O) groups is 2. The average Bonchev–Trinajstić information content (AvgIpc) is 3.36. The lowest BCUT2D eigenvalue weighted by Gasteiger charge is -2.35. The number of nitrogens with zero attached hydrogens (tertiary/aromatic N) is 2. The minimum absolute atomic E-state index is 0.103. The number of ether oxygens (including phenoxy) is 2. The van der Waals surface area contributed by atoms with Gasteiger partial charge in [0.1, 0.15) is 0 Å². The third-order valence-corrected chi connectivity index (χ3v) is 5.33. The minimum atomic E-state index is 0.103. The van der Waals surface area contributed by atoms with E-state index < -0.39 is 0 Å². The Hall–Kier alpha value is -1.22. The van der Waals surface area contributed by atoms with Crippen molar-refractivity contribution < 1.29 is 19.1 Å². The molecule has 148 valence electrons. The van der Waals surface area contributed by atoms with Crippen LogP contribution in [0, 0.1) is 0 Å². The molecule has 0 aromatic heterocycles. The van der Waals surface area contributed by atoms with E-state index in [0.29, 0.717) is 39.3 Å². The zero-order valence-corrected chi connectivity index (χ0v) is 15.6. The van der Waals surface area contributed by atoms with E-state index in [-0.39, 0.29) is 24.0 Å². The molecule has 3 aliphatic heterocycles. The molecule has 0 aliphatic carbocycles. The van der Waals surface area contributed by atoms with E-state index in [1.165, 1.54) is 0 Å². The predicted octanol–water partition coefficient (Wildman–Crippen LogP) is -0.806. The van der Waals surface area contributed by atoms with Crippen molar-refractivity contribution in [3.63, 3.8) is 0 Å². The SMILES string of the molecule is O=C(CNCC1CCCO1)N1CCN(C(=O)CNCC2CCCO2)CC1. The second-order valence-corrected chi connectivity index (χ2v) is 7.29. The second-order valence-electron chi connectivity index (χ2n) is 7.29. The molecule has 8 heteroatoms. The van der Waals surface area contributed by atoms with Crippen molar-refractivity contribution in [3.8, 4) is 0 Å². The fourth-order valence-corrected chi connectivity index (χ4v) is 3.72. The van der Waals surface area contributed by atoms with Crippen molar-refractivity contribution in [2.45, 2.75) is 37.9 Å². The van der Waals surface area contributed by atoms with Gasteiger partial charge in [0.15, 0.2) is 0 Å². The maximum Gasteiger partial charge on any atom is 0.236 e. The molecule has 8 nitrogen and oxygen atoms in total. The molecule has 2 N–H and O–H groups in total. The lowest BCUT2D eigenvalue weighted by Crippen LogP contribution is -2.54. The van der Waals surface area contributed by atoms with Gasteiger partial charge in [0, 0.05) is 52.5 Å². The van der Waals surface area contributed by atoms with Crippen LogP contribution in [0.15, 0.2) is 0 Å². The summed E-state index contributed by atoms with van der Waals surface area (Å²) < 4.78 is 11.1. The number of piperazine rings is 1. The third kappa shape index (κ3) is 5.90. The number of nitrogens with one attached hydrogen (secondary N) is 2. The van der Waals surface area contributed by atoms with Gasteiger partial charge in [-0.3, -0.25) is 9.59 Å². The Morgan fingerprint density at radius 2 is 1.19 bits per heavy atom. The Morgan fingerprint density at radius 3 is 1.54 bits per heavy atom. The standard InChI is InChI=1S/C18H32N4O4/c23-17(13-19-11-15-3-1-9-25-15)21-5-7-22(8-6-21)18(24)14-20-12-16-4-2-10-26-16/h15-16,19-20H,1-14H2. The Kier molecular flexibility index (Phi) is 7.67. The van der Waals surface area contributed by atoms with E-state index >= 15 is 0 Å². The Bertz CT molecular complexity index is 414. The first kappa shape index (κ1) is 19.5. The molecule has 0 aromatic carbocycles. The van der Waals surface area contributed by atoms with Crippen LogP contribution in [0.25, 0.3) is 0 Å². The topological polar surface area (TPSA) is 83.1 Å². The molecule has 3 fully saturated rings. The van der Waals surface area contributed by atoms with Crippen molar-refractivity contribution in [3.05, 3.63) is 0 Å². The van der Waals surface area contributed by atoms with E-state index in [1.807, 2.05) is 9.80 Å². The number of carbonyl (C=O) groups excluding carboxylic acids is 2. The quantitative estimate of drug-likeness (QED) is 0.583. The molecule has 0 aromatic rings. The molecule has 0 radical (unpaired) electrons. The van der Waals surface area contributed by atoms with Gasteiger partial charge in [0.2, 0.25) is 11.8 Å². The van der Waals surface area contributed by atoms with E-state index in [1.54, 1.807) is 0 Å². The lowest BCUT2D eigenvalue weighted by molar-refractivity contribution is -0.138. The summed E-state index contributed by atoms with van der Waals surface area (Å²) in [4.78, 5) is 28.2. The van der Waals surface area contributed by atoms with Gasteiger partial charge in [-0.15, -0.1) is 0 Å². The summed E-state index contributed by atoms with van der Waals surface area (Å²) in [6, 6.07) is 0. The van der Waals surface area contributed by atoms with Crippen LogP contribution in [0.2, 0.25) is 0 Å². The van der Waals surface area contributed by atoms with Gasteiger partial charge in [-0.25, -0.2) is 0 Å². The summed E-state index contributed by atoms with van der Waals surface area (Å²) in [6.07, 6.45) is 4.86. The molecule has 2 unspecified atom stereocenters. The molecule has 2 amide bonds. The predicted molar refractivity (Wildman–Crippen MR) is 96.8 cm³/mol. The van der Waals surface area contributed by atoms with Crippen LogP contribution in [-0.4, -0.2) is 99.4 Å².